The Balaban J connectivity index is 2.58. The number of carboxylic acids is 1. The van der Waals surface area contributed by atoms with Gasteiger partial charge in [0.15, 0.2) is 0 Å². The van der Waals surface area contributed by atoms with Crippen LogP contribution in [0.25, 0.3) is 0 Å². The summed E-state index contributed by atoms with van der Waals surface area (Å²) in [7, 11) is 1.91. The van der Waals surface area contributed by atoms with Crippen LogP contribution >= 0.6 is 0 Å². The maximum absolute atomic E-state index is 10.6. The van der Waals surface area contributed by atoms with Crippen molar-refractivity contribution >= 4 is 5.97 Å². The highest BCUT2D eigenvalue weighted by Gasteiger charge is 2.11. The summed E-state index contributed by atoms with van der Waals surface area (Å²) in [6, 6.07) is 0. The largest absolute Gasteiger partial charge is 0.480 e. The van der Waals surface area contributed by atoms with Crippen molar-refractivity contribution in [3.8, 4) is 0 Å². The monoisotopic (exact) mass is 211 g/mol. The van der Waals surface area contributed by atoms with Crippen LogP contribution in [0.15, 0.2) is 12.4 Å². The summed E-state index contributed by atoms with van der Waals surface area (Å²) in [5.74, 6) is 0.0994. The van der Waals surface area contributed by atoms with Gasteiger partial charge in [-0.15, -0.1) is 0 Å². The molecule has 0 aliphatic rings. The van der Waals surface area contributed by atoms with Crippen LogP contribution in [0.5, 0.6) is 0 Å². The zero-order chi connectivity index (χ0) is 11.3. The van der Waals surface area contributed by atoms with E-state index < -0.39 is 5.97 Å². The molecule has 0 atom stereocenters. The molecule has 0 radical (unpaired) electrons. The third-order valence-electron chi connectivity index (χ3n) is 2.18. The maximum atomic E-state index is 10.6. The molecular weight excluding hydrogens is 194 g/mol. The molecule has 0 spiro atoms. The zero-order valence-corrected chi connectivity index (χ0v) is 9.18. The lowest BCUT2D eigenvalue weighted by Crippen LogP contribution is -2.31. The van der Waals surface area contributed by atoms with E-state index in [1.54, 1.807) is 6.20 Å². The Morgan fingerprint density at radius 1 is 1.67 bits per heavy atom. The second-order valence-corrected chi connectivity index (χ2v) is 3.56. The van der Waals surface area contributed by atoms with Gasteiger partial charge in [0.25, 0.3) is 0 Å². The molecule has 15 heavy (non-hydrogen) atoms. The van der Waals surface area contributed by atoms with Crippen molar-refractivity contribution in [3.63, 3.8) is 0 Å². The molecule has 0 aromatic carbocycles. The van der Waals surface area contributed by atoms with Gasteiger partial charge in [-0.25, -0.2) is 4.98 Å². The topological polar surface area (TPSA) is 58.4 Å². The Bertz CT molecular complexity index is 322. The van der Waals surface area contributed by atoms with Gasteiger partial charge in [0.1, 0.15) is 5.82 Å². The summed E-state index contributed by atoms with van der Waals surface area (Å²) in [5, 5.41) is 8.74. The molecule has 1 aromatic heterocycles. The van der Waals surface area contributed by atoms with Gasteiger partial charge < -0.3 is 9.67 Å². The van der Waals surface area contributed by atoms with E-state index >= 15 is 0 Å². The van der Waals surface area contributed by atoms with E-state index in [0.717, 1.165) is 18.8 Å². The number of hydrogen-bond donors (Lipinski definition) is 1. The molecule has 0 aliphatic carbocycles. The molecule has 5 nitrogen and oxygen atoms in total. The van der Waals surface area contributed by atoms with Crippen molar-refractivity contribution in [3.05, 3.63) is 18.2 Å². The first-order chi connectivity index (χ1) is 7.13. The number of aryl methyl sites for hydroxylation is 1. The average molecular weight is 211 g/mol. The Morgan fingerprint density at radius 2 is 2.40 bits per heavy atom. The third kappa shape index (κ3) is 3.71. The summed E-state index contributed by atoms with van der Waals surface area (Å²) < 4.78 is 1.91. The van der Waals surface area contributed by atoms with Crippen LogP contribution in [-0.4, -0.2) is 38.6 Å². The lowest BCUT2D eigenvalue weighted by molar-refractivity contribution is -0.138. The molecule has 0 bridgehead atoms. The van der Waals surface area contributed by atoms with Gasteiger partial charge in [-0.3, -0.25) is 9.69 Å². The van der Waals surface area contributed by atoms with Crippen molar-refractivity contribution < 1.29 is 9.90 Å². The quantitative estimate of drug-likeness (QED) is 0.753. The standard InChI is InChI=1S/C10H17N3O2/c1-3-5-13(8-10(14)15)7-9-11-4-6-12(9)2/h4,6H,3,5,7-8H2,1-2H3,(H,14,15). The Morgan fingerprint density at radius 3 is 2.87 bits per heavy atom. The second-order valence-electron chi connectivity index (χ2n) is 3.56. The summed E-state index contributed by atoms with van der Waals surface area (Å²) in [6.45, 7) is 3.47. The van der Waals surface area contributed by atoms with Gasteiger partial charge in [0.05, 0.1) is 13.1 Å². The smallest absolute Gasteiger partial charge is 0.317 e. The number of nitrogens with zero attached hydrogens (tertiary/aromatic N) is 3. The Hall–Kier alpha value is -1.36. The third-order valence-corrected chi connectivity index (χ3v) is 2.18. The first-order valence-electron chi connectivity index (χ1n) is 5.03. The predicted octanol–water partition coefficient (Wildman–Crippen LogP) is 0.717. The second kappa shape index (κ2) is 5.50. The fourth-order valence-corrected chi connectivity index (χ4v) is 1.47. The first kappa shape index (κ1) is 11.7. The predicted molar refractivity (Wildman–Crippen MR) is 56.4 cm³/mol. The number of carbonyl (C=O) groups is 1. The van der Waals surface area contributed by atoms with E-state index in [1.807, 2.05) is 29.6 Å². The molecule has 1 N–H and O–H groups in total. The van der Waals surface area contributed by atoms with Crippen molar-refractivity contribution in [2.24, 2.45) is 7.05 Å². The molecule has 0 saturated heterocycles. The number of aliphatic carboxylic acids is 1. The molecule has 0 saturated carbocycles. The van der Waals surface area contributed by atoms with Crippen LogP contribution in [0.2, 0.25) is 0 Å². The van der Waals surface area contributed by atoms with Gasteiger partial charge in [-0.05, 0) is 13.0 Å². The van der Waals surface area contributed by atoms with E-state index in [4.69, 9.17) is 5.11 Å². The molecule has 0 unspecified atom stereocenters. The van der Waals surface area contributed by atoms with E-state index in [0.29, 0.717) is 6.54 Å². The van der Waals surface area contributed by atoms with Crippen LogP contribution in [0.1, 0.15) is 19.2 Å². The molecule has 84 valence electrons. The minimum Gasteiger partial charge on any atom is -0.480 e. The fraction of sp³-hybridized carbons (Fsp3) is 0.600. The number of hydrogen-bond acceptors (Lipinski definition) is 3. The summed E-state index contributed by atoms with van der Waals surface area (Å²) in [6.07, 6.45) is 4.53. The normalized spacial score (nSPS) is 10.9. The van der Waals surface area contributed by atoms with Gasteiger partial charge in [0.2, 0.25) is 0 Å². The van der Waals surface area contributed by atoms with E-state index in [2.05, 4.69) is 4.98 Å². The molecule has 1 heterocycles. The fourth-order valence-electron chi connectivity index (χ4n) is 1.47. The number of carboxylic acid groups (broad SMARTS) is 1. The van der Waals surface area contributed by atoms with Gasteiger partial charge in [0, 0.05) is 19.4 Å². The Labute approximate surface area is 89.3 Å². The summed E-state index contributed by atoms with van der Waals surface area (Å²) >= 11 is 0. The first-order valence-corrected chi connectivity index (χ1v) is 5.03. The highest BCUT2D eigenvalue weighted by molar-refractivity contribution is 5.69. The average Bonchev–Trinajstić information content (AvgIpc) is 2.51. The van der Waals surface area contributed by atoms with Crippen LogP contribution in [-0.2, 0) is 18.4 Å². The van der Waals surface area contributed by atoms with Gasteiger partial charge >= 0.3 is 5.97 Å². The molecule has 5 heteroatoms. The SMILES string of the molecule is CCCN(CC(=O)O)Cc1nccn1C. The molecular formula is C10H17N3O2. The molecule has 1 rings (SSSR count). The minimum absolute atomic E-state index is 0.0701. The van der Waals surface area contributed by atoms with Crippen LogP contribution < -0.4 is 0 Å². The van der Waals surface area contributed by atoms with Crippen LogP contribution in [0.4, 0.5) is 0 Å². The lowest BCUT2D eigenvalue weighted by Gasteiger charge is -2.18. The highest BCUT2D eigenvalue weighted by Crippen LogP contribution is 2.02. The number of rotatable bonds is 6. The van der Waals surface area contributed by atoms with Crippen molar-refractivity contribution in [2.75, 3.05) is 13.1 Å². The molecule has 0 fully saturated rings. The van der Waals surface area contributed by atoms with Crippen LogP contribution in [0, 0.1) is 0 Å². The van der Waals surface area contributed by atoms with E-state index in [-0.39, 0.29) is 6.54 Å². The highest BCUT2D eigenvalue weighted by atomic mass is 16.4. The summed E-state index contributed by atoms with van der Waals surface area (Å²) in [4.78, 5) is 16.7. The maximum Gasteiger partial charge on any atom is 0.317 e. The summed E-state index contributed by atoms with van der Waals surface area (Å²) in [5.41, 5.74) is 0. The molecule has 1 aromatic rings. The van der Waals surface area contributed by atoms with Gasteiger partial charge in [-0.1, -0.05) is 6.92 Å². The lowest BCUT2D eigenvalue weighted by atomic mass is 10.4. The number of aromatic nitrogens is 2. The van der Waals surface area contributed by atoms with Crippen molar-refractivity contribution in [2.45, 2.75) is 19.9 Å². The Kier molecular flexibility index (Phi) is 4.30. The zero-order valence-electron chi connectivity index (χ0n) is 9.18. The van der Waals surface area contributed by atoms with Gasteiger partial charge in [-0.2, -0.15) is 0 Å². The molecule has 0 aliphatic heterocycles. The molecule has 0 amide bonds. The van der Waals surface area contributed by atoms with Crippen molar-refractivity contribution in [1.29, 1.82) is 0 Å². The van der Waals surface area contributed by atoms with Crippen LogP contribution in [0.3, 0.4) is 0 Å². The van der Waals surface area contributed by atoms with E-state index in [1.165, 1.54) is 0 Å². The minimum atomic E-state index is -0.794. The number of imidazole rings is 1. The van der Waals surface area contributed by atoms with Crippen molar-refractivity contribution in [1.82, 2.24) is 14.5 Å². The van der Waals surface area contributed by atoms with E-state index in [9.17, 15) is 4.79 Å².